The van der Waals surface area contributed by atoms with Crippen molar-refractivity contribution in [3.05, 3.63) is 71.3 Å². The van der Waals surface area contributed by atoms with Gasteiger partial charge in [-0.3, -0.25) is 0 Å². The monoisotopic (exact) mass is 512 g/mol. The van der Waals surface area contributed by atoms with Crippen molar-refractivity contribution in [3.8, 4) is 5.75 Å². The van der Waals surface area contributed by atoms with E-state index in [0.29, 0.717) is 17.7 Å². The zero-order valence-corrected chi connectivity index (χ0v) is 19.9. The molecule has 0 aliphatic carbocycles. The fraction of sp³-hybridized carbons (Fsp3) is 0.391. The van der Waals surface area contributed by atoms with Gasteiger partial charge in [-0.15, -0.1) is 5.10 Å². The largest absolute Gasteiger partial charge is 0.490 e. The normalized spacial score (nSPS) is 18.2. The molecule has 0 saturated heterocycles. The molecule has 1 aromatic heterocycles. The molecule has 3 aromatic rings. The van der Waals surface area contributed by atoms with E-state index in [4.69, 9.17) is 4.74 Å². The minimum Gasteiger partial charge on any atom is -0.490 e. The minimum absolute atomic E-state index is 0.0350. The van der Waals surface area contributed by atoms with Crippen molar-refractivity contribution in [2.75, 3.05) is 6.61 Å². The maximum Gasteiger partial charge on any atom is 0.416 e. The van der Waals surface area contributed by atoms with Gasteiger partial charge >= 0.3 is 6.18 Å². The summed E-state index contributed by atoms with van der Waals surface area (Å²) in [4.78, 5) is -0.511. The second kappa shape index (κ2) is 9.57. The van der Waals surface area contributed by atoms with E-state index in [9.17, 15) is 26.0 Å². The summed E-state index contributed by atoms with van der Waals surface area (Å²) in [6.07, 6.45) is -2.42. The van der Waals surface area contributed by atoms with Crippen molar-refractivity contribution in [2.24, 2.45) is 5.92 Å². The second-order valence-corrected chi connectivity index (χ2v) is 10.6. The maximum atomic E-state index is 14.6. The van der Waals surface area contributed by atoms with Crippen molar-refractivity contribution in [1.82, 2.24) is 19.3 Å². The lowest BCUT2D eigenvalue weighted by atomic mass is 10.0. The molecule has 0 saturated carbocycles. The van der Waals surface area contributed by atoms with Gasteiger partial charge in [-0.05, 0) is 42.2 Å². The van der Waals surface area contributed by atoms with Crippen molar-refractivity contribution in [3.63, 3.8) is 0 Å². The summed E-state index contributed by atoms with van der Waals surface area (Å²) in [6.45, 7) is 3.93. The van der Waals surface area contributed by atoms with Crippen LogP contribution in [0.3, 0.4) is 0 Å². The molecule has 2 heterocycles. The molecule has 0 fully saturated rings. The molecule has 0 N–H and O–H groups in total. The Labute approximate surface area is 200 Å². The summed E-state index contributed by atoms with van der Waals surface area (Å²) in [6, 6.07) is 7.99. The number of ether oxygens (including phenoxy) is 1. The average Bonchev–Trinajstić information content (AvgIpc) is 3.17. The Morgan fingerprint density at radius 3 is 2.49 bits per heavy atom. The summed E-state index contributed by atoms with van der Waals surface area (Å²) in [5, 5.41) is 8.03. The molecule has 0 bridgehead atoms. The summed E-state index contributed by atoms with van der Waals surface area (Å²) >= 11 is 0. The molecule has 1 atom stereocenters. The van der Waals surface area contributed by atoms with Gasteiger partial charge in [0.1, 0.15) is 18.2 Å². The van der Waals surface area contributed by atoms with Crippen molar-refractivity contribution < 1.29 is 30.7 Å². The summed E-state index contributed by atoms with van der Waals surface area (Å²) in [5.41, 5.74) is 0.130. The Morgan fingerprint density at radius 2 is 1.83 bits per heavy atom. The van der Waals surface area contributed by atoms with Gasteiger partial charge in [0, 0.05) is 0 Å². The van der Waals surface area contributed by atoms with Crippen molar-refractivity contribution in [2.45, 2.75) is 50.5 Å². The number of hydrogen-bond donors (Lipinski definition) is 0. The number of halogens is 4. The Morgan fingerprint density at radius 1 is 1.11 bits per heavy atom. The van der Waals surface area contributed by atoms with Crippen LogP contribution in [0.5, 0.6) is 5.75 Å². The molecule has 4 rings (SSSR count). The third-order valence-corrected chi connectivity index (χ3v) is 7.57. The number of sulfonamides is 1. The van der Waals surface area contributed by atoms with Crippen LogP contribution in [-0.4, -0.2) is 40.4 Å². The van der Waals surface area contributed by atoms with Gasteiger partial charge in [0.15, 0.2) is 4.90 Å². The number of nitrogens with zero attached hydrogens (tertiary/aromatic N) is 4. The summed E-state index contributed by atoms with van der Waals surface area (Å²) in [7, 11) is -4.26. The van der Waals surface area contributed by atoms with Gasteiger partial charge in [-0.25, -0.2) is 17.5 Å². The predicted molar refractivity (Wildman–Crippen MR) is 118 cm³/mol. The minimum atomic E-state index is -4.42. The van der Waals surface area contributed by atoms with Gasteiger partial charge in [0.25, 0.3) is 0 Å². The first-order valence-corrected chi connectivity index (χ1v) is 12.4. The van der Waals surface area contributed by atoms with E-state index in [2.05, 4.69) is 10.3 Å². The molecule has 0 unspecified atom stereocenters. The van der Waals surface area contributed by atoms with Crippen molar-refractivity contribution in [1.29, 1.82) is 0 Å². The van der Waals surface area contributed by atoms with E-state index in [0.717, 1.165) is 18.2 Å². The van der Waals surface area contributed by atoms with Crippen LogP contribution in [0.25, 0.3) is 0 Å². The van der Waals surface area contributed by atoms with Gasteiger partial charge in [0.2, 0.25) is 10.0 Å². The highest BCUT2D eigenvalue weighted by Gasteiger charge is 2.40. The highest BCUT2D eigenvalue weighted by Crippen LogP contribution is 2.35. The van der Waals surface area contributed by atoms with Crippen LogP contribution in [0.15, 0.2) is 53.6 Å². The molecule has 1 aliphatic rings. The van der Waals surface area contributed by atoms with Gasteiger partial charge in [0.05, 0.1) is 36.6 Å². The zero-order chi connectivity index (χ0) is 25.4. The molecule has 2 aromatic carbocycles. The third kappa shape index (κ3) is 5.48. The molecule has 0 radical (unpaired) electrons. The zero-order valence-electron chi connectivity index (χ0n) is 19.0. The molecule has 0 spiro atoms. The van der Waals surface area contributed by atoms with Gasteiger partial charge < -0.3 is 4.74 Å². The van der Waals surface area contributed by atoms with Crippen LogP contribution in [0.4, 0.5) is 17.6 Å². The van der Waals surface area contributed by atoms with E-state index in [1.807, 2.05) is 13.8 Å². The third-order valence-electron chi connectivity index (χ3n) is 5.61. The molecule has 35 heavy (non-hydrogen) atoms. The van der Waals surface area contributed by atoms with Crippen LogP contribution < -0.4 is 4.74 Å². The highest BCUT2D eigenvalue weighted by molar-refractivity contribution is 7.89. The number of aromatic nitrogens is 3. The average molecular weight is 513 g/mol. The molecule has 0 amide bonds. The van der Waals surface area contributed by atoms with Crippen LogP contribution in [0.1, 0.15) is 37.1 Å². The van der Waals surface area contributed by atoms with Gasteiger partial charge in [-0.1, -0.05) is 37.3 Å². The number of hydrogen-bond acceptors (Lipinski definition) is 5. The number of fused-ring (bicyclic) bond motifs is 1. The lowest BCUT2D eigenvalue weighted by Gasteiger charge is -2.28. The fourth-order valence-electron chi connectivity index (χ4n) is 4.01. The Bertz CT molecular complexity index is 1290. The number of alkyl halides is 3. The Hall–Kier alpha value is -2.99. The Kier molecular flexibility index (Phi) is 6.87. The quantitative estimate of drug-likeness (QED) is 0.455. The predicted octanol–water partition coefficient (Wildman–Crippen LogP) is 4.48. The van der Waals surface area contributed by atoms with Crippen LogP contribution in [-0.2, 0) is 29.3 Å². The Balaban J connectivity index is 1.59. The SMILES string of the molecule is CC(C)C[C@H]1COc2cccc(F)c2S(=O)(=O)N1Cc1cn(Cc2ccc(C(F)(F)F)cc2)nn1. The highest BCUT2D eigenvalue weighted by atomic mass is 32.2. The molecular formula is C23H24F4N4O3S. The lowest BCUT2D eigenvalue weighted by molar-refractivity contribution is -0.137. The van der Waals surface area contributed by atoms with Gasteiger partial charge in [-0.2, -0.15) is 17.5 Å². The first-order chi connectivity index (χ1) is 16.4. The van der Waals surface area contributed by atoms with E-state index in [1.54, 1.807) is 0 Å². The first kappa shape index (κ1) is 25.1. The number of rotatable bonds is 6. The van der Waals surface area contributed by atoms with E-state index >= 15 is 0 Å². The van der Waals surface area contributed by atoms with Crippen molar-refractivity contribution >= 4 is 10.0 Å². The molecule has 188 valence electrons. The molecular weight excluding hydrogens is 488 g/mol. The van der Waals surface area contributed by atoms with E-state index in [1.165, 1.54) is 39.4 Å². The molecule has 12 heteroatoms. The van der Waals surface area contributed by atoms with Crippen LogP contribution in [0.2, 0.25) is 0 Å². The lowest BCUT2D eigenvalue weighted by Crippen LogP contribution is -2.42. The van der Waals surface area contributed by atoms with Crippen LogP contribution in [0, 0.1) is 11.7 Å². The standard InChI is InChI=1S/C23H24F4N4O3S/c1-15(2)10-19-14-34-21-5-3-4-20(24)22(21)35(32,33)31(19)13-18-12-30(29-28-18)11-16-6-8-17(9-7-16)23(25,26)27/h3-9,12,15,19H,10-11,13-14H2,1-2H3/t19-/m0/s1. The van der Waals surface area contributed by atoms with E-state index in [-0.39, 0.29) is 31.4 Å². The molecule has 1 aliphatic heterocycles. The summed E-state index contributed by atoms with van der Waals surface area (Å²) < 4.78 is 88.2. The smallest absolute Gasteiger partial charge is 0.416 e. The number of benzene rings is 2. The first-order valence-electron chi connectivity index (χ1n) is 10.9. The summed E-state index contributed by atoms with van der Waals surface area (Å²) in [5.74, 6) is -0.793. The van der Waals surface area contributed by atoms with E-state index < -0.39 is 38.5 Å². The topological polar surface area (TPSA) is 77.3 Å². The molecule has 7 nitrogen and oxygen atoms in total. The fourth-order valence-corrected chi connectivity index (χ4v) is 5.79. The maximum absolute atomic E-state index is 14.6. The van der Waals surface area contributed by atoms with Crippen LogP contribution >= 0.6 is 0 Å². The second-order valence-electron chi connectivity index (χ2n) is 8.81.